The third kappa shape index (κ3) is 6.38. The molecule has 0 aromatic heterocycles. The van der Waals surface area contributed by atoms with Crippen molar-refractivity contribution in [2.75, 3.05) is 13.7 Å². The molecule has 0 bridgehead atoms. The van der Waals surface area contributed by atoms with Crippen molar-refractivity contribution in [2.24, 2.45) is 16.1 Å². The van der Waals surface area contributed by atoms with Crippen molar-refractivity contribution in [3.63, 3.8) is 0 Å². The van der Waals surface area contributed by atoms with E-state index in [9.17, 15) is 4.79 Å². The zero-order valence-electron chi connectivity index (χ0n) is 18.7. The molecule has 0 aliphatic heterocycles. The van der Waals surface area contributed by atoms with Crippen LogP contribution in [0.25, 0.3) is 0 Å². The zero-order chi connectivity index (χ0) is 22.8. The van der Waals surface area contributed by atoms with Gasteiger partial charge >= 0.3 is 0 Å². The summed E-state index contributed by atoms with van der Waals surface area (Å²) in [4.78, 5) is 13.0. The van der Waals surface area contributed by atoms with E-state index in [1.54, 1.807) is 25.5 Å². The van der Waals surface area contributed by atoms with Crippen LogP contribution in [0.15, 0.2) is 89.1 Å². The summed E-state index contributed by atoms with van der Waals surface area (Å²) in [5.41, 5.74) is 2.36. The molecule has 0 heterocycles. The van der Waals surface area contributed by atoms with Crippen molar-refractivity contribution in [1.82, 2.24) is 0 Å². The lowest BCUT2D eigenvalue weighted by molar-refractivity contribution is 0.106. The number of carbonyl (C=O) groups is 1. The van der Waals surface area contributed by atoms with Crippen LogP contribution in [0.2, 0.25) is 0 Å². The van der Waals surface area contributed by atoms with E-state index in [1.807, 2.05) is 66.7 Å². The quantitative estimate of drug-likeness (QED) is 0.232. The van der Waals surface area contributed by atoms with Crippen LogP contribution in [0.1, 0.15) is 41.8 Å². The molecular weight excluding hydrogens is 400 g/mol. The van der Waals surface area contributed by atoms with Gasteiger partial charge in [-0.2, -0.15) is 5.10 Å². The summed E-state index contributed by atoms with van der Waals surface area (Å²) < 4.78 is 11.3. The first-order valence-electron chi connectivity index (χ1n) is 10.7. The Morgan fingerprint density at radius 1 is 0.906 bits per heavy atom. The van der Waals surface area contributed by atoms with Gasteiger partial charge in [0.1, 0.15) is 5.71 Å². The Morgan fingerprint density at radius 2 is 1.56 bits per heavy atom. The summed E-state index contributed by atoms with van der Waals surface area (Å²) in [7, 11) is 1.61. The predicted octanol–water partition coefficient (Wildman–Crippen LogP) is 5.83. The minimum atomic E-state index is -0.180. The molecule has 0 fully saturated rings. The minimum Gasteiger partial charge on any atom is -0.493 e. The van der Waals surface area contributed by atoms with Crippen molar-refractivity contribution in [3.05, 3.63) is 95.6 Å². The summed E-state index contributed by atoms with van der Waals surface area (Å²) in [5, 5.41) is 8.48. The molecule has 0 unspecified atom stereocenters. The summed E-state index contributed by atoms with van der Waals surface area (Å²) in [6.07, 6.45) is 2.57. The van der Waals surface area contributed by atoms with Gasteiger partial charge in [-0.1, -0.05) is 74.5 Å². The van der Waals surface area contributed by atoms with Crippen molar-refractivity contribution in [3.8, 4) is 11.5 Å². The van der Waals surface area contributed by atoms with Crippen LogP contribution in [0.5, 0.6) is 11.5 Å². The lowest BCUT2D eigenvalue weighted by atomic mass is 10.0. The normalized spacial score (nSPS) is 11.7. The van der Waals surface area contributed by atoms with Crippen LogP contribution in [0.4, 0.5) is 0 Å². The highest BCUT2D eigenvalue weighted by molar-refractivity contribution is 6.51. The lowest BCUT2D eigenvalue weighted by Crippen LogP contribution is -2.15. The van der Waals surface area contributed by atoms with E-state index >= 15 is 0 Å². The molecule has 0 N–H and O–H groups in total. The topological polar surface area (TPSA) is 60.2 Å². The number of hydrogen-bond acceptors (Lipinski definition) is 5. The second-order valence-electron chi connectivity index (χ2n) is 7.70. The highest BCUT2D eigenvalue weighted by Gasteiger charge is 2.16. The molecule has 3 rings (SSSR count). The number of nitrogens with zero attached hydrogens (tertiary/aromatic N) is 2. The van der Waals surface area contributed by atoms with Crippen LogP contribution in [0, 0.1) is 5.92 Å². The van der Waals surface area contributed by atoms with Crippen LogP contribution in [-0.4, -0.2) is 31.4 Å². The molecule has 0 spiro atoms. The molecule has 164 valence electrons. The molecule has 0 radical (unpaired) electrons. The number of rotatable bonds is 10. The number of ether oxygens (including phenoxy) is 2. The number of methoxy groups -OCH3 is 1. The summed E-state index contributed by atoms with van der Waals surface area (Å²) >= 11 is 0. The minimum absolute atomic E-state index is 0.180. The fourth-order valence-electron chi connectivity index (χ4n) is 3.00. The van der Waals surface area contributed by atoms with Crippen LogP contribution in [0.3, 0.4) is 0 Å². The number of hydrogen-bond donors (Lipinski definition) is 0. The monoisotopic (exact) mass is 428 g/mol. The SMILES string of the molecule is COc1cc(/C=N/N=C(/C(=O)c2ccccc2)c2ccccc2)ccc1OCCC(C)C. The van der Waals surface area contributed by atoms with Crippen molar-refractivity contribution < 1.29 is 14.3 Å². The third-order valence-corrected chi connectivity index (χ3v) is 4.80. The maximum atomic E-state index is 13.0. The Balaban J connectivity index is 1.83. The molecule has 0 saturated heterocycles. The molecule has 3 aromatic rings. The Labute approximate surface area is 189 Å². The van der Waals surface area contributed by atoms with E-state index in [0.29, 0.717) is 35.2 Å². The summed E-state index contributed by atoms with van der Waals surface area (Å²) in [5.74, 6) is 1.71. The first-order valence-corrected chi connectivity index (χ1v) is 10.7. The fourth-order valence-corrected chi connectivity index (χ4v) is 3.00. The van der Waals surface area contributed by atoms with Gasteiger partial charge in [0.2, 0.25) is 5.78 Å². The molecule has 5 heteroatoms. The second-order valence-corrected chi connectivity index (χ2v) is 7.70. The van der Waals surface area contributed by atoms with E-state index in [0.717, 1.165) is 12.0 Å². The summed E-state index contributed by atoms with van der Waals surface area (Å²) in [6, 6.07) is 24.0. The van der Waals surface area contributed by atoms with E-state index in [1.165, 1.54) is 0 Å². The maximum Gasteiger partial charge on any atom is 0.213 e. The average Bonchev–Trinajstić information content (AvgIpc) is 2.83. The van der Waals surface area contributed by atoms with Gasteiger partial charge < -0.3 is 9.47 Å². The Morgan fingerprint density at radius 3 is 2.19 bits per heavy atom. The van der Waals surface area contributed by atoms with Crippen LogP contribution < -0.4 is 9.47 Å². The molecule has 0 amide bonds. The Bertz CT molecular complexity index is 1070. The van der Waals surface area contributed by atoms with Gasteiger partial charge in [0.05, 0.1) is 19.9 Å². The number of Topliss-reactive ketones (excluding diaryl/α,β-unsaturated/α-hetero) is 1. The maximum absolute atomic E-state index is 13.0. The van der Waals surface area contributed by atoms with Crippen molar-refractivity contribution in [2.45, 2.75) is 20.3 Å². The first kappa shape index (κ1) is 22.9. The fraction of sp³-hybridized carbons (Fsp3) is 0.222. The summed E-state index contributed by atoms with van der Waals surface area (Å²) in [6.45, 7) is 4.95. The van der Waals surface area contributed by atoms with Gasteiger partial charge in [0, 0.05) is 11.1 Å². The van der Waals surface area contributed by atoms with Gasteiger partial charge in [-0.3, -0.25) is 4.79 Å². The molecule has 32 heavy (non-hydrogen) atoms. The largest absolute Gasteiger partial charge is 0.493 e. The van der Waals surface area contributed by atoms with E-state index in [4.69, 9.17) is 9.47 Å². The molecule has 0 saturated carbocycles. The zero-order valence-corrected chi connectivity index (χ0v) is 18.7. The molecule has 0 aliphatic rings. The Kier molecular flexibility index (Phi) is 8.32. The third-order valence-electron chi connectivity index (χ3n) is 4.80. The van der Waals surface area contributed by atoms with E-state index in [-0.39, 0.29) is 11.5 Å². The molecule has 5 nitrogen and oxygen atoms in total. The van der Waals surface area contributed by atoms with Gasteiger partial charge in [-0.05, 0) is 36.1 Å². The van der Waals surface area contributed by atoms with Gasteiger partial charge in [0.15, 0.2) is 11.5 Å². The molecule has 0 aliphatic carbocycles. The Hall–Kier alpha value is -3.73. The molecule has 3 aromatic carbocycles. The highest BCUT2D eigenvalue weighted by atomic mass is 16.5. The second kappa shape index (κ2) is 11.6. The number of ketones is 1. The van der Waals surface area contributed by atoms with Crippen LogP contribution in [-0.2, 0) is 0 Å². The van der Waals surface area contributed by atoms with E-state index in [2.05, 4.69) is 24.1 Å². The number of benzene rings is 3. The lowest BCUT2D eigenvalue weighted by Gasteiger charge is -2.12. The van der Waals surface area contributed by atoms with Gasteiger partial charge in [-0.25, -0.2) is 0 Å². The predicted molar refractivity (Wildman–Crippen MR) is 129 cm³/mol. The molecular formula is C27H28N2O3. The smallest absolute Gasteiger partial charge is 0.213 e. The average molecular weight is 429 g/mol. The van der Waals surface area contributed by atoms with Crippen LogP contribution >= 0.6 is 0 Å². The standard InChI is InChI=1S/C27H28N2O3/c1-20(2)16-17-32-24-15-14-21(18-25(24)31-3)19-28-29-26(22-10-6-4-7-11-22)27(30)23-12-8-5-9-13-23/h4-15,18-20H,16-17H2,1-3H3/b28-19+,29-26+. The first-order chi connectivity index (χ1) is 15.6. The van der Waals surface area contributed by atoms with Crippen molar-refractivity contribution >= 4 is 17.7 Å². The highest BCUT2D eigenvalue weighted by Crippen LogP contribution is 2.28. The van der Waals surface area contributed by atoms with Crippen molar-refractivity contribution in [1.29, 1.82) is 0 Å². The van der Waals surface area contributed by atoms with Gasteiger partial charge in [0.25, 0.3) is 0 Å². The number of carbonyl (C=O) groups excluding carboxylic acids is 1. The van der Waals surface area contributed by atoms with Gasteiger partial charge in [-0.15, -0.1) is 5.10 Å². The van der Waals surface area contributed by atoms with E-state index < -0.39 is 0 Å². The molecule has 0 atom stereocenters.